The van der Waals surface area contributed by atoms with Crippen molar-refractivity contribution in [1.82, 2.24) is 0 Å². The van der Waals surface area contributed by atoms with Crippen LogP contribution in [0.25, 0.3) is 77.3 Å². The second-order valence-corrected chi connectivity index (χ2v) is 15.3. The molecule has 0 nitrogen and oxygen atoms in total. The van der Waals surface area contributed by atoms with Crippen LogP contribution in [0.3, 0.4) is 0 Å². The van der Waals surface area contributed by atoms with E-state index in [1.807, 2.05) is 0 Å². The zero-order valence-electron chi connectivity index (χ0n) is 29.0. The van der Waals surface area contributed by atoms with E-state index in [1.165, 1.54) is 99.1 Å². The summed E-state index contributed by atoms with van der Waals surface area (Å²) in [5.74, 6) is 0. The molecule has 0 unspecified atom stereocenters. The molecule has 0 aromatic heterocycles. The minimum Gasteiger partial charge on any atom is -0.0619 e. The van der Waals surface area contributed by atoms with E-state index in [9.17, 15) is 0 Å². The molecule has 2 aliphatic rings. The van der Waals surface area contributed by atoms with Crippen LogP contribution in [0.15, 0.2) is 152 Å². The first-order valence-electron chi connectivity index (χ1n) is 17.9. The van der Waals surface area contributed by atoms with E-state index in [0.717, 1.165) is 0 Å². The smallest absolute Gasteiger partial charge is 0.0159 e. The Morgan fingerprint density at radius 3 is 1.78 bits per heavy atom. The van der Waals surface area contributed by atoms with Crippen LogP contribution in [0, 0.1) is 0 Å². The zero-order chi connectivity index (χ0) is 33.8. The highest BCUT2D eigenvalue weighted by atomic mass is 14.4. The van der Waals surface area contributed by atoms with Gasteiger partial charge in [-0.05, 0) is 117 Å². The maximum Gasteiger partial charge on any atom is 0.0159 e. The molecule has 10 rings (SSSR count). The van der Waals surface area contributed by atoms with Gasteiger partial charge in [-0.3, -0.25) is 0 Å². The van der Waals surface area contributed by atoms with Gasteiger partial charge in [-0.2, -0.15) is 0 Å². The Labute approximate surface area is 294 Å². The second kappa shape index (κ2) is 10.4. The van der Waals surface area contributed by atoms with E-state index in [-0.39, 0.29) is 10.8 Å². The van der Waals surface area contributed by atoms with Crippen molar-refractivity contribution >= 4 is 44.0 Å². The molecule has 0 bridgehead atoms. The maximum atomic E-state index is 2.50. The normalized spacial score (nSPS) is 15.2. The minimum atomic E-state index is -0.133. The lowest BCUT2D eigenvalue weighted by Gasteiger charge is -2.28. The van der Waals surface area contributed by atoms with Crippen LogP contribution in [-0.2, 0) is 10.8 Å². The van der Waals surface area contributed by atoms with Crippen molar-refractivity contribution in [3.8, 4) is 33.4 Å². The first-order chi connectivity index (χ1) is 24.3. The molecular formula is C50H38. The van der Waals surface area contributed by atoms with E-state index in [2.05, 4.69) is 185 Å². The molecule has 8 aromatic rings. The Morgan fingerprint density at radius 2 is 0.960 bits per heavy atom. The van der Waals surface area contributed by atoms with Crippen LogP contribution < -0.4 is 0 Å². The minimum absolute atomic E-state index is 0.0773. The molecule has 0 radical (unpaired) electrons. The SMILES string of the molecule is CC1(C)C(c2c3ccccc3c(-c3ccc4c(c3)C(C)(C)c3ccccc3-4)c3cc(-c4cccc5ccccc45)ccc23)=Cc2ccccc21. The fraction of sp³-hybridized carbons (Fsp3) is 0.120. The summed E-state index contributed by atoms with van der Waals surface area (Å²) in [6.07, 6.45) is 2.45. The summed E-state index contributed by atoms with van der Waals surface area (Å²) in [7, 11) is 0. The fourth-order valence-electron chi connectivity index (χ4n) is 9.34. The second-order valence-electron chi connectivity index (χ2n) is 15.3. The predicted octanol–water partition coefficient (Wildman–Crippen LogP) is 13.6. The highest BCUT2D eigenvalue weighted by Gasteiger charge is 2.37. The summed E-state index contributed by atoms with van der Waals surface area (Å²) in [5.41, 5.74) is 15.8. The van der Waals surface area contributed by atoms with Crippen LogP contribution in [-0.4, -0.2) is 0 Å². The van der Waals surface area contributed by atoms with Crippen LogP contribution in [0.2, 0.25) is 0 Å². The fourth-order valence-corrected chi connectivity index (χ4v) is 9.34. The monoisotopic (exact) mass is 638 g/mol. The molecule has 0 amide bonds. The van der Waals surface area contributed by atoms with Crippen molar-refractivity contribution in [2.45, 2.75) is 38.5 Å². The lowest BCUT2D eigenvalue weighted by molar-refractivity contribution is 0.660. The Kier molecular flexibility index (Phi) is 6.07. The first kappa shape index (κ1) is 29.2. The largest absolute Gasteiger partial charge is 0.0619 e. The number of allylic oxidation sites excluding steroid dienone is 1. The molecule has 0 N–H and O–H groups in total. The molecule has 0 heteroatoms. The Morgan fingerprint density at radius 1 is 0.360 bits per heavy atom. The van der Waals surface area contributed by atoms with Gasteiger partial charge in [0.2, 0.25) is 0 Å². The van der Waals surface area contributed by atoms with Gasteiger partial charge in [-0.25, -0.2) is 0 Å². The maximum absolute atomic E-state index is 2.50. The first-order valence-corrected chi connectivity index (χ1v) is 17.9. The molecule has 0 heterocycles. The number of hydrogen-bond acceptors (Lipinski definition) is 0. The summed E-state index contributed by atoms with van der Waals surface area (Å²) in [5, 5.41) is 7.75. The number of hydrogen-bond donors (Lipinski definition) is 0. The molecule has 0 aliphatic heterocycles. The Balaban J connectivity index is 1.31. The predicted molar refractivity (Wildman–Crippen MR) is 215 cm³/mol. The molecule has 0 fully saturated rings. The zero-order valence-corrected chi connectivity index (χ0v) is 29.0. The van der Waals surface area contributed by atoms with E-state index in [0.29, 0.717) is 0 Å². The molecular weight excluding hydrogens is 601 g/mol. The molecule has 8 aromatic carbocycles. The average molecular weight is 639 g/mol. The van der Waals surface area contributed by atoms with Crippen LogP contribution >= 0.6 is 0 Å². The van der Waals surface area contributed by atoms with Crippen molar-refractivity contribution < 1.29 is 0 Å². The van der Waals surface area contributed by atoms with Crippen molar-refractivity contribution in [2.24, 2.45) is 0 Å². The quantitative estimate of drug-likeness (QED) is 0.169. The van der Waals surface area contributed by atoms with Gasteiger partial charge in [0.25, 0.3) is 0 Å². The average Bonchev–Trinajstić information content (AvgIpc) is 3.55. The van der Waals surface area contributed by atoms with Crippen molar-refractivity contribution in [3.05, 3.63) is 179 Å². The molecule has 2 aliphatic carbocycles. The Hall–Kier alpha value is -5.72. The standard InChI is InChI=1S/C50H38/c1-49(2)43-22-11-6-15-33(43)29-46(49)48-40-20-9-8-19-39(40)47(34-25-26-38-37-18-10-12-23-44(37)50(3,4)45(38)30-34)42-28-32(24-27-41(42)48)36-21-13-16-31-14-5-7-17-35(31)36/h5-30H,1-4H3. The van der Waals surface area contributed by atoms with Gasteiger partial charge in [0.15, 0.2) is 0 Å². The van der Waals surface area contributed by atoms with Gasteiger partial charge in [-0.15, -0.1) is 0 Å². The molecule has 238 valence electrons. The van der Waals surface area contributed by atoms with Gasteiger partial charge >= 0.3 is 0 Å². The molecule has 0 saturated carbocycles. The summed E-state index contributed by atoms with van der Waals surface area (Å²) >= 11 is 0. The third-order valence-corrected chi connectivity index (χ3v) is 11.9. The lowest BCUT2D eigenvalue weighted by atomic mass is 9.75. The van der Waals surface area contributed by atoms with E-state index in [4.69, 9.17) is 0 Å². The molecule has 0 saturated heterocycles. The number of rotatable bonds is 3. The third kappa shape index (κ3) is 4.00. The van der Waals surface area contributed by atoms with Gasteiger partial charge in [-0.1, -0.05) is 167 Å². The van der Waals surface area contributed by atoms with Crippen molar-refractivity contribution in [2.75, 3.05) is 0 Å². The molecule has 0 spiro atoms. The van der Waals surface area contributed by atoms with Crippen LogP contribution in [0.1, 0.15) is 55.5 Å². The third-order valence-electron chi connectivity index (χ3n) is 11.9. The van der Waals surface area contributed by atoms with E-state index < -0.39 is 0 Å². The summed E-state index contributed by atoms with van der Waals surface area (Å²) in [4.78, 5) is 0. The summed E-state index contributed by atoms with van der Waals surface area (Å²) < 4.78 is 0. The van der Waals surface area contributed by atoms with Crippen molar-refractivity contribution in [1.29, 1.82) is 0 Å². The lowest BCUT2D eigenvalue weighted by Crippen LogP contribution is -2.17. The molecule has 50 heavy (non-hydrogen) atoms. The van der Waals surface area contributed by atoms with E-state index >= 15 is 0 Å². The summed E-state index contributed by atoms with van der Waals surface area (Å²) in [6, 6.07) is 56.9. The van der Waals surface area contributed by atoms with Gasteiger partial charge < -0.3 is 0 Å². The highest BCUT2D eigenvalue weighted by molar-refractivity contribution is 6.22. The molecule has 0 atom stereocenters. The topological polar surface area (TPSA) is 0 Å². The van der Waals surface area contributed by atoms with Crippen molar-refractivity contribution in [3.63, 3.8) is 0 Å². The van der Waals surface area contributed by atoms with E-state index in [1.54, 1.807) is 0 Å². The summed E-state index contributed by atoms with van der Waals surface area (Å²) in [6.45, 7) is 9.55. The Bertz CT molecular complexity index is 2740. The van der Waals surface area contributed by atoms with Gasteiger partial charge in [0.1, 0.15) is 0 Å². The van der Waals surface area contributed by atoms with Gasteiger partial charge in [0, 0.05) is 10.8 Å². The van der Waals surface area contributed by atoms with Crippen LogP contribution in [0.5, 0.6) is 0 Å². The number of benzene rings is 8. The van der Waals surface area contributed by atoms with Crippen LogP contribution in [0.4, 0.5) is 0 Å². The highest BCUT2D eigenvalue weighted by Crippen LogP contribution is 2.54. The van der Waals surface area contributed by atoms with Gasteiger partial charge in [0.05, 0.1) is 0 Å². The number of fused-ring (bicyclic) bond motifs is 7.